The van der Waals surface area contributed by atoms with Gasteiger partial charge in [-0.3, -0.25) is 10.1 Å². The minimum Gasteiger partial charge on any atom is -0.338 e. The average molecular weight is 374 g/mol. The molecule has 0 aliphatic heterocycles. The van der Waals surface area contributed by atoms with E-state index in [4.69, 9.17) is 4.52 Å². The van der Waals surface area contributed by atoms with E-state index >= 15 is 0 Å². The van der Waals surface area contributed by atoms with Crippen molar-refractivity contribution in [2.24, 2.45) is 0 Å². The number of nitro benzene ring substituents is 1. The summed E-state index contributed by atoms with van der Waals surface area (Å²) in [6.45, 7) is 1.30. The summed E-state index contributed by atoms with van der Waals surface area (Å²) >= 11 is 0. The molecule has 0 atom stereocenters. The Morgan fingerprint density at radius 2 is 1.92 bits per heavy atom. The van der Waals surface area contributed by atoms with Crippen LogP contribution in [0.4, 0.5) is 5.69 Å². The molecule has 9 nitrogen and oxygen atoms in total. The van der Waals surface area contributed by atoms with Gasteiger partial charge in [-0.2, -0.15) is 4.98 Å². The molecule has 0 aliphatic rings. The number of rotatable bonds is 6. The molecule has 0 bridgehead atoms. The monoisotopic (exact) mass is 374 g/mol. The molecule has 26 heavy (non-hydrogen) atoms. The van der Waals surface area contributed by atoms with E-state index in [0.29, 0.717) is 11.4 Å². The summed E-state index contributed by atoms with van der Waals surface area (Å²) in [5.41, 5.74) is 0.842. The highest BCUT2D eigenvalue weighted by molar-refractivity contribution is 7.89. The molecular formula is C16H14N4O5S. The Morgan fingerprint density at radius 3 is 2.62 bits per heavy atom. The Morgan fingerprint density at radius 1 is 1.19 bits per heavy atom. The minimum atomic E-state index is -3.97. The lowest BCUT2D eigenvalue weighted by Crippen LogP contribution is -2.23. The molecule has 1 heterocycles. The number of sulfonamides is 1. The number of hydrogen-bond acceptors (Lipinski definition) is 7. The lowest BCUT2D eigenvalue weighted by Gasteiger charge is -2.05. The smallest absolute Gasteiger partial charge is 0.273 e. The van der Waals surface area contributed by atoms with E-state index < -0.39 is 14.9 Å². The maximum Gasteiger partial charge on any atom is 0.273 e. The number of benzene rings is 2. The molecule has 0 saturated heterocycles. The maximum atomic E-state index is 12.3. The van der Waals surface area contributed by atoms with Crippen LogP contribution in [0.3, 0.4) is 0 Å². The Hall–Kier alpha value is -3.11. The molecule has 0 fully saturated rings. The van der Waals surface area contributed by atoms with Crippen LogP contribution in [0.15, 0.2) is 57.9 Å². The van der Waals surface area contributed by atoms with Crippen molar-refractivity contribution < 1.29 is 17.9 Å². The van der Waals surface area contributed by atoms with Crippen molar-refractivity contribution in [2.45, 2.75) is 18.4 Å². The van der Waals surface area contributed by atoms with Crippen molar-refractivity contribution in [2.75, 3.05) is 0 Å². The third kappa shape index (κ3) is 3.76. The van der Waals surface area contributed by atoms with E-state index in [0.717, 1.165) is 11.6 Å². The van der Waals surface area contributed by atoms with Crippen molar-refractivity contribution in [1.82, 2.24) is 14.9 Å². The normalized spacial score (nSPS) is 11.4. The number of aromatic nitrogens is 2. The molecule has 0 unspecified atom stereocenters. The zero-order chi connectivity index (χ0) is 18.7. The largest absolute Gasteiger partial charge is 0.338 e. The van der Waals surface area contributed by atoms with Crippen LogP contribution < -0.4 is 4.72 Å². The Bertz CT molecular complexity index is 1050. The number of nitrogens with zero attached hydrogens (tertiary/aromatic N) is 3. The molecule has 0 amide bonds. The lowest BCUT2D eigenvalue weighted by atomic mass is 10.2. The molecule has 134 valence electrons. The van der Waals surface area contributed by atoms with Gasteiger partial charge in [-0.1, -0.05) is 41.6 Å². The standard InChI is InChI=1S/C16H14N4O5S/c1-11-7-8-13(9-14(11)20(21)22)26(23,24)17-10-15-18-16(19-25-15)12-5-3-2-4-6-12/h2-9,17H,10H2,1H3. The second kappa shape index (κ2) is 7.02. The summed E-state index contributed by atoms with van der Waals surface area (Å²) in [5.74, 6) is 0.416. The van der Waals surface area contributed by atoms with E-state index in [1.807, 2.05) is 18.2 Å². The van der Waals surface area contributed by atoms with Crippen LogP contribution in [-0.2, 0) is 16.6 Å². The van der Waals surface area contributed by atoms with Crippen molar-refractivity contribution in [3.8, 4) is 11.4 Å². The van der Waals surface area contributed by atoms with E-state index in [1.54, 1.807) is 12.1 Å². The van der Waals surface area contributed by atoms with Gasteiger partial charge in [-0.25, -0.2) is 13.1 Å². The van der Waals surface area contributed by atoms with Gasteiger partial charge in [-0.15, -0.1) is 0 Å². The van der Waals surface area contributed by atoms with Gasteiger partial charge in [0, 0.05) is 17.2 Å². The summed E-state index contributed by atoms with van der Waals surface area (Å²) in [4.78, 5) is 14.3. The molecule has 10 heteroatoms. The zero-order valence-electron chi connectivity index (χ0n) is 13.6. The number of hydrogen-bond donors (Lipinski definition) is 1. The minimum absolute atomic E-state index is 0.0778. The van der Waals surface area contributed by atoms with Gasteiger partial charge in [-0.05, 0) is 13.0 Å². The third-order valence-corrected chi connectivity index (χ3v) is 5.00. The van der Waals surface area contributed by atoms with Crippen molar-refractivity contribution in [3.05, 3.63) is 70.1 Å². The van der Waals surface area contributed by atoms with Crippen LogP contribution >= 0.6 is 0 Å². The number of nitrogens with one attached hydrogen (secondary N) is 1. The molecule has 0 saturated carbocycles. The zero-order valence-corrected chi connectivity index (χ0v) is 14.4. The van der Waals surface area contributed by atoms with Gasteiger partial charge in [0.25, 0.3) is 5.69 Å². The summed E-state index contributed by atoms with van der Waals surface area (Å²) in [7, 11) is -3.97. The fourth-order valence-electron chi connectivity index (χ4n) is 2.22. The molecule has 1 N–H and O–H groups in total. The molecule has 3 aromatic rings. The van der Waals surface area contributed by atoms with E-state index in [-0.39, 0.29) is 23.0 Å². The highest BCUT2D eigenvalue weighted by Crippen LogP contribution is 2.22. The van der Waals surface area contributed by atoms with Crippen LogP contribution in [0, 0.1) is 17.0 Å². The fraction of sp³-hybridized carbons (Fsp3) is 0.125. The molecule has 3 rings (SSSR count). The molecule has 0 radical (unpaired) electrons. The predicted molar refractivity (Wildman–Crippen MR) is 91.6 cm³/mol. The van der Waals surface area contributed by atoms with Crippen molar-refractivity contribution in [1.29, 1.82) is 0 Å². The lowest BCUT2D eigenvalue weighted by molar-refractivity contribution is -0.385. The summed E-state index contributed by atoms with van der Waals surface area (Å²) in [5, 5.41) is 14.8. The highest BCUT2D eigenvalue weighted by Gasteiger charge is 2.20. The first-order valence-corrected chi connectivity index (χ1v) is 8.98. The van der Waals surface area contributed by atoms with Gasteiger partial charge in [0.05, 0.1) is 16.4 Å². The second-order valence-electron chi connectivity index (χ2n) is 5.41. The Labute approximate surface area is 148 Å². The summed E-state index contributed by atoms with van der Waals surface area (Å²) in [6, 6.07) is 12.8. The van der Waals surface area contributed by atoms with E-state index in [1.165, 1.54) is 19.1 Å². The topological polar surface area (TPSA) is 128 Å². The van der Waals surface area contributed by atoms with Gasteiger partial charge in [0.1, 0.15) is 0 Å². The number of aryl methyl sites for hydroxylation is 1. The van der Waals surface area contributed by atoms with Crippen molar-refractivity contribution in [3.63, 3.8) is 0 Å². The van der Waals surface area contributed by atoms with Crippen LogP contribution in [0.1, 0.15) is 11.5 Å². The maximum absolute atomic E-state index is 12.3. The van der Waals surface area contributed by atoms with E-state index in [2.05, 4.69) is 14.9 Å². The van der Waals surface area contributed by atoms with Crippen LogP contribution in [0.25, 0.3) is 11.4 Å². The third-order valence-electron chi connectivity index (χ3n) is 3.60. The fourth-order valence-corrected chi connectivity index (χ4v) is 3.22. The van der Waals surface area contributed by atoms with Crippen LogP contribution in [-0.4, -0.2) is 23.5 Å². The molecule has 0 aliphatic carbocycles. The SMILES string of the molecule is Cc1ccc(S(=O)(=O)NCc2nc(-c3ccccc3)no2)cc1[N+](=O)[O-]. The molecule has 2 aromatic carbocycles. The van der Waals surface area contributed by atoms with Gasteiger partial charge >= 0.3 is 0 Å². The summed E-state index contributed by atoms with van der Waals surface area (Å²) in [6.07, 6.45) is 0. The molecule has 0 spiro atoms. The van der Waals surface area contributed by atoms with Gasteiger partial charge in [0.2, 0.25) is 21.7 Å². The Balaban J connectivity index is 1.76. The first-order valence-electron chi connectivity index (χ1n) is 7.49. The molecule has 1 aromatic heterocycles. The number of nitro groups is 1. The van der Waals surface area contributed by atoms with Crippen LogP contribution in [0.2, 0.25) is 0 Å². The predicted octanol–water partition coefficient (Wildman–Crippen LogP) is 2.43. The highest BCUT2D eigenvalue weighted by atomic mass is 32.2. The summed E-state index contributed by atoms with van der Waals surface area (Å²) < 4.78 is 32.0. The second-order valence-corrected chi connectivity index (χ2v) is 7.17. The van der Waals surface area contributed by atoms with Crippen molar-refractivity contribution >= 4 is 15.7 Å². The van der Waals surface area contributed by atoms with Gasteiger partial charge in [0.15, 0.2) is 0 Å². The van der Waals surface area contributed by atoms with E-state index in [9.17, 15) is 18.5 Å². The first-order chi connectivity index (χ1) is 12.4. The van der Waals surface area contributed by atoms with Crippen LogP contribution in [0.5, 0.6) is 0 Å². The molecular weight excluding hydrogens is 360 g/mol. The average Bonchev–Trinajstić information content (AvgIpc) is 3.10. The van der Waals surface area contributed by atoms with Gasteiger partial charge < -0.3 is 4.52 Å². The first kappa shape index (κ1) is 17.7. The quantitative estimate of drug-likeness (QED) is 0.518. The Kier molecular flexibility index (Phi) is 4.78.